The molecule has 0 unspecified atom stereocenters. The van der Waals surface area contributed by atoms with Gasteiger partial charge in [0.1, 0.15) is 11.1 Å². The number of halogens is 6. The van der Waals surface area contributed by atoms with Crippen molar-refractivity contribution in [3.63, 3.8) is 0 Å². The number of carbonyl (C=O) groups is 4. The van der Waals surface area contributed by atoms with Crippen LogP contribution in [-0.4, -0.2) is 37.1 Å². The van der Waals surface area contributed by atoms with Crippen molar-refractivity contribution in [2.75, 3.05) is 13.2 Å². The zero-order chi connectivity index (χ0) is 30.0. The molecule has 2 aromatic rings. The van der Waals surface area contributed by atoms with E-state index in [2.05, 4.69) is 0 Å². The number of rotatable bonds is 12. The second kappa shape index (κ2) is 16.5. The SMILES string of the molecule is CCCCCOC(=O)c1c(Cl)c(Cl)cc(Cl)c1OC(=O)C(=O)Oc1c(Cl)cc(Cl)c(Cl)c1C(=O)OCCCCC. The highest BCUT2D eigenvalue weighted by Crippen LogP contribution is 2.41. The van der Waals surface area contributed by atoms with E-state index in [1.54, 1.807) is 0 Å². The summed E-state index contributed by atoms with van der Waals surface area (Å²) in [5.41, 5.74) is -0.943. The van der Waals surface area contributed by atoms with Crippen molar-refractivity contribution in [1.29, 1.82) is 0 Å². The third-order valence-corrected chi connectivity index (χ3v) is 7.32. The molecule has 2 rings (SSSR count). The van der Waals surface area contributed by atoms with Gasteiger partial charge in [-0.15, -0.1) is 0 Å². The van der Waals surface area contributed by atoms with Crippen molar-refractivity contribution in [3.8, 4) is 11.5 Å². The Balaban J connectivity index is 2.34. The molecule has 0 aliphatic heterocycles. The van der Waals surface area contributed by atoms with Crippen molar-refractivity contribution in [2.24, 2.45) is 0 Å². The molecular weight excluding hydrogens is 653 g/mol. The summed E-state index contributed by atoms with van der Waals surface area (Å²) in [5, 5.41) is -1.52. The van der Waals surface area contributed by atoms with Crippen LogP contribution < -0.4 is 9.47 Å². The van der Waals surface area contributed by atoms with Crippen LogP contribution in [0, 0.1) is 0 Å². The van der Waals surface area contributed by atoms with Crippen molar-refractivity contribution in [1.82, 2.24) is 0 Å². The number of carbonyl (C=O) groups excluding carboxylic acids is 4. The zero-order valence-corrected chi connectivity index (χ0v) is 25.9. The first kappa shape index (κ1) is 34.3. The monoisotopic (exact) mass is 674 g/mol. The van der Waals surface area contributed by atoms with Gasteiger partial charge in [0.2, 0.25) is 0 Å². The second-order valence-corrected chi connectivity index (χ2v) is 10.6. The van der Waals surface area contributed by atoms with Gasteiger partial charge in [0.15, 0.2) is 11.5 Å². The van der Waals surface area contributed by atoms with E-state index >= 15 is 0 Å². The lowest BCUT2D eigenvalue weighted by Gasteiger charge is -2.15. The van der Waals surface area contributed by atoms with Crippen LogP contribution in [0.25, 0.3) is 0 Å². The summed E-state index contributed by atoms with van der Waals surface area (Å²) in [7, 11) is 0. The fourth-order valence-electron chi connectivity index (χ4n) is 3.17. The molecule has 0 atom stereocenters. The first-order valence-corrected chi connectivity index (χ1v) is 14.3. The van der Waals surface area contributed by atoms with Crippen LogP contribution in [0.5, 0.6) is 11.5 Å². The molecule has 0 radical (unpaired) electrons. The first-order chi connectivity index (χ1) is 18.9. The van der Waals surface area contributed by atoms with E-state index in [4.69, 9.17) is 88.6 Å². The van der Waals surface area contributed by atoms with Gasteiger partial charge >= 0.3 is 23.9 Å². The van der Waals surface area contributed by atoms with Gasteiger partial charge in [-0.3, -0.25) is 0 Å². The molecule has 0 heterocycles. The van der Waals surface area contributed by atoms with Gasteiger partial charge in [0.05, 0.1) is 43.3 Å². The molecule has 0 amide bonds. The predicted octanol–water partition coefficient (Wildman–Crippen LogP) is 8.81. The highest BCUT2D eigenvalue weighted by molar-refractivity contribution is 6.47. The average Bonchev–Trinajstić information content (AvgIpc) is 2.90. The Hall–Kier alpha value is -1.94. The van der Waals surface area contributed by atoms with Crippen LogP contribution in [-0.2, 0) is 19.1 Å². The van der Waals surface area contributed by atoms with E-state index in [0.717, 1.165) is 37.8 Å². The van der Waals surface area contributed by atoms with E-state index in [-0.39, 0.29) is 43.3 Å². The summed E-state index contributed by atoms with van der Waals surface area (Å²) in [6, 6.07) is 2.21. The van der Waals surface area contributed by atoms with Crippen LogP contribution in [0.2, 0.25) is 30.1 Å². The maximum atomic E-state index is 12.7. The molecule has 0 bridgehead atoms. The number of hydrogen-bond donors (Lipinski definition) is 0. The minimum absolute atomic E-state index is 0.0513. The lowest BCUT2D eigenvalue weighted by Crippen LogP contribution is -2.27. The third-order valence-electron chi connectivity index (χ3n) is 5.18. The van der Waals surface area contributed by atoms with E-state index in [9.17, 15) is 19.2 Å². The highest BCUT2D eigenvalue weighted by Gasteiger charge is 2.32. The minimum Gasteiger partial charge on any atom is -0.462 e. The van der Waals surface area contributed by atoms with Crippen molar-refractivity contribution in [2.45, 2.75) is 52.4 Å². The van der Waals surface area contributed by atoms with Gasteiger partial charge in [0.25, 0.3) is 0 Å². The van der Waals surface area contributed by atoms with E-state index < -0.39 is 46.5 Å². The van der Waals surface area contributed by atoms with Gasteiger partial charge in [-0.2, -0.15) is 0 Å². The van der Waals surface area contributed by atoms with Crippen LogP contribution in [0.15, 0.2) is 12.1 Å². The molecule has 0 spiro atoms. The van der Waals surface area contributed by atoms with Crippen LogP contribution in [0.3, 0.4) is 0 Å². The molecule has 218 valence electrons. The Kier molecular flexibility index (Phi) is 14.1. The zero-order valence-electron chi connectivity index (χ0n) is 21.3. The van der Waals surface area contributed by atoms with Gasteiger partial charge < -0.3 is 18.9 Å². The van der Waals surface area contributed by atoms with Crippen molar-refractivity contribution < 1.29 is 38.1 Å². The van der Waals surface area contributed by atoms with Crippen molar-refractivity contribution >= 4 is 93.5 Å². The smallest absolute Gasteiger partial charge is 0.423 e. The third kappa shape index (κ3) is 9.03. The molecule has 0 aliphatic carbocycles. The Morgan fingerprint density at radius 2 is 0.925 bits per heavy atom. The number of hydrogen-bond acceptors (Lipinski definition) is 8. The highest BCUT2D eigenvalue weighted by atomic mass is 35.5. The Morgan fingerprint density at radius 1 is 0.575 bits per heavy atom. The summed E-state index contributed by atoms with van der Waals surface area (Å²) >= 11 is 36.7. The first-order valence-electron chi connectivity index (χ1n) is 12.1. The summed E-state index contributed by atoms with van der Waals surface area (Å²) in [6.07, 6.45) is 4.51. The molecule has 40 heavy (non-hydrogen) atoms. The largest absolute Gasteiger partial charge is 0.462 e. The average molecular weight is 677 g/mol. The fourth-order valence-corrected chi connectivity index (χ4v) is 4.61. The van der Waals surface area contributed by atoms with E-state index in [0.29, 0.717) is 12.8 Å². The number of ether oxygens (including phenoxy) is 4. The summed E-state index contributed by atoms with van der Waals surface area (Å²) in [4.78, 5) is 50.9. The van der Waals surface area contributed by atoms with Crippen LogP contribution in [0.1, 0.15) is 73.1 Å². The number of benzene rings is 2. The van der Waals surface area contributed by atoms with E-state index in [1.165, 1.54) is 0 Å². The molecule has 0 N–H and O–H groups in total. The summed E-state index contributed by atoms with van der Waals surface area (Å²) < 4.78 is 20.5. The van der Waals surface area contributed by atoms with Gasteiger partial charge in [-0.05, 0) is 25.0 Å². The Bertz CT molecular complexity index is 1180. The fraction of sp³-hybridized carbons (Fsp3) is 0.385. The molecule has 0 saturated carbocycles. The topological polar surface area (TPSA) is 105 Å². The molecule has 0 aromatic heterocycles. The standard InChI is InChI=1S/C26H24Cl6O8/c1-3-5-7-9-37-23(33)17-19(31)13(27)11-15(29)21(17)39-25(35)26(36)40-22-16(30)12-14(28)20(32)18(22)24(34)38-10-8-6-4-2/h11-12H,3-10H2,1-2H3. The molecule has 8 nitrogen and oxygen atoms in total. The maximum Gasteiger partial charge on any atom is 0.423 e. The summed E-state index contributed by atoms with van der Waals surface area (Å²) in [5.74, 6) is -6.44. The van der Waals surface area contributed by atoms with Gasteiger partial charge in [-0.25, -0.2) is 19.2 Å². The van der Waals surface area contributed by atoms with Gasteiger partial charge in [-0.1, -0.05) is 109 Å². The summed E-state index contributed by atoms with van der Waals surface area (Å²) in [6.45, 7) is 4.04. The number of unbranched alkanes of at least 4 members (excludes halogenated alkanes) is 4. The van der Waals surface area contributed by atoms with E-state index in [1.807, 2.05) is 13.8 Å². The molecule has 0 aliphatic rings. The van der Waals surface area contributed by atoms with Crippen LogP contribution >= 0.6 is 69.6 Å². The molecule has 14 heteroatoms. The lowest BCUT2D eigenvalue weighted by atomic mass is 10.2. The molecule has 0 saturated heterocycles. The second-order valence-electron chi connectivity index (χ2n) is 8.18. The predicted molar refractivity (Wildman–Crippen MR) is 154 cm³/mol. The molecular formula is C26H24Cl6O8. The quantitative estimate of drug-likeness (QED) is 0.0722. The maximum absolute atomic E-state index is 12.7. The van der Waals surface area contributed by atoms with Gasteiger partial charge in [0, 0.05) is 0 Å². The van der Waals surface area contributed by atoms with Crippen molar-refractivity contribution in [3.05, 3.63) is 53.4 Å². The molecule has 0 fully saturated rings. The van der Waals surface area contributed by atoms with Crippen LogP contribution in [0.4, 0.5) is 0 Å². The Labute approximate surface area is 261 Å². The number of esters is 4. The molecule has 2 aromatic carbocycles. The Morgan fingerprint density at radius 3 is 1.25 bits per heavy atom. The lowest BCUT2D eigenvalue weighted by molar-refractivity contribution is -0.156. The minimum atomic E-state index is -1.65. The normalized spacial score (nSPS) is 10.7.